The number of benzene rings is 1. The SMILES string of the molecule is CC1(C(=O)O)CCCN1C(=O)CCc1ccc(Cl)cc1. The number of nitrogens with zero attached hydrogens (tertiary/aromatic N) is 1. The molecule has 1 saturated heterocycles. The largest absolute Gasteiger partial charge is 0.480 e. The van der Waals surface area contributed by atoms with Crippen molar-refractivity contribution in [3.63, 3.8) is 0 Å². The number of likely N-dealkylation sites (tertiary alicyclic amines) is 1. The molecule has 108 valence electrons. The third kappa shape index (κ3) is 2.96. The van der Waals surface area contributed by atoms with Gasteiger partial charge in [-0.1, -0.05) is 23.7 Å². The molecule has 0 bridgehead atoms. The maximum absolute atomic E-state index is 12.2. The number of aryl methyl sites for hydroxylation is 1. The number of aliphatic carboxylic acids is 1. The molecule has 1 heterocycles. The topological polar surface area (TPSA) is 57.6 Å². The minimum Gasteiger partial charge on any atom is -0.480 e. The number of hydrogen-bond donors (Lipinski definition) is 1. The van der Waals surface area contributed by atoms with E-state index in [-0.39, 0.29) is 5.91 Å². The third-order valence-corrected chi connectivity index (χ3v) is 4.20. The Kier molecular flexibility index (Phi) is 4.33. The molecule has 1 amide bonds. The molecule has 1 aromatic rings. The summed E-state index contributed by atoms with van der Waals surface area (Å²) in [7, 11) is 0. The maximum Gasteiger partial charge on any atom is 0.329 e. The molecule has 20 heavy (non-hydrogen) atoms. The summed E-state index contributed by atoms with van der Waals surface area (Å²) in [6, 6.07) is 7.35. The van der Waals surface area contributed by atoms with E-state index in [0.29, 0.717) is 30.8 Å². The van der Waals surface area contributed by atoms with Crippen molar-refractivity contribution in [1.82, 2.24) is 4.90 Å². The van der Waals surface area contributed by atoms with E-state index in [4.69, 9.17) is 11.6 Å². The van der Waals surface area contributed by atoms with Crippen LogP contribution in [0.5, 0.6) is 0 Å². The quantitative estimate of drug-likeness (QED) is 0.929. The Bertz CT molecular complexity index is 514. The fraction of sp³-hybridized carbons (Fsp3) is 0.467. The van der Waals surface area contributed by atoms with Gasteiger partial charge in [0.15, 0.2) is 0 Å². The third-order valence-electron chi connectivity index (χ3n) is 3.94. The number of hydrogen-bond acceptors (Lipinski definition) is 2. The van der Waals surface area contributed by atoms with Gasteiger partial charge in [0.2, 0.25) is 5.91 Å². The van der Waals surface area contributed by atoms with Crippen LogP contribution in [0.25, 0.3) is 0 Å². The number of amides is 1. The molecule has 2 rings (SSSR count). The Balaban J connectivity index is 1.98. The average Bonchev–Trinajstić information content (AvgIpc) is 2.81. The molecule has 1 N–H and O–H groups in total. The zero-order valence-corrected chi connectivity index (χ0v) is 12.2. The molecule has 1 fully saturated rings. The van der Waals surface area contributed by atoms with Gasteiger partial charge in [-0.3, -0.25) is 4.79 Å². The van der Waals surface area contributed by atoms with Gasteiger partial charge < -0.3 is 10.0 Å². The van der Waals surface area contributed by atoms with E-state index in [9.17, 15) is 14.7 Å². The first-order valence-electron chi connectivity index (χ1n) is 6.72. The number of carboxylic acids is 1. The molecular formula is C15H18ClNO3. The van der Waals surface area contributed by atoms with Gasteiger partial charge in [0, 0.05) is 18.0 Å². The fourth-order valence-electron chi connectivity index (χ4n) is 2.62. The molecule has 0 aromatic heterocycles. The van der Waals surface area contributed by atoms with E-state index in [2.05, 4.69) is 0 Å². The van der Waals surface area contributed by atoms with Gasteiger partial charge in [0.1, 0.15) is 5.54 Å². The van der Waals surface area contributed by atoms with Crippen molar-refractivity contribution in [1.29, 1.82) is 0 Å². The summed E-state index contributed by atoms with van der Waals surface area (Å²) in [5.74, 6) is -1.02. The fourth-order valence-corrected chi connectivity index (χ4v) is 2.75. The molecule has 1 unspecified atom stereocenters. The Morgan fingerprint density at radius 1 is 1.35 bits per heavy atom. The molecule has 1 aromatic carbocycles. The van der Waals surface area contributed by atoms with Crippen molar-refractivity contribution in [2.75, 3.05) is 6.54 Å². The number of carbonyl (C=O) groups excluding carboxylic acids is 1. The van der Waals surface area contributed by atoms with Crippen LogP contribution < -0.4 is 0 Å². The first kappa shape index (κ1) is 14.9. The number of carbonyl (C=O) groups is 2. The zero-order valence-electron chi connectivity index (χ0n) is 11.4. The molecule has 1 atom stereocenters. The van der Waals surface area contributed by atoms with Gasteiger partial charge in [-0.15, -0.1) is 0 Å². The lowest BCUT2D eigenvalue weighted by Gasteiger charge is -2.31. The predicted molar refractivity (Wildman–Crippen MR) is 76.8 cm³/mol. The van der Waals surface area contributed by atoms with Crippen LogP contribution in [0.2, 0.25) is 5.02 Å². The van der Waals surface area contributed by atoms with E-state index in [1.54, 1.807) is 19.1 Å². The van der Waals surface area contributed by atoms with E-state index < -0.39 is 11.5 Å². The van der Waals surface area contributed by atoms with Gasteiger partial charge >= 0.3 is 5.97 Å². The smallest absolute Gasteiger partial charge is 0.329 e. The van der Waals surface area contributed by atoms with E-state index in [1.165, 1.54) is 4.90 Å². The molecule has 0 aliphatic carbocycles. The molecule has 0 saturated carbocycles. The second-order valence-corrected chi connectivity index (χ2v) is 5.79. The predicted octanol–water partition coefficient (Wildman–Crippen LogP) is 2.74. The van der Waals surface area contributed by atoms with Gasteiger partial charge in [-0.05, 0) is 43.9 Å². The number of carboxylic acid groups (broad SMARTS) is 1. The van der Waals surface area contributed by atoms with Crippen molar-refractivity contribution in [2.45, 2.75) is 38.1 Å². The van der Waals surface area contributed by atoms with Crippen LogP contribution in [-0.4, -0.2) is 34.0 Å². The highest BCUT2D eigenvalue weighted by molar-refractivity contribution is 6.30. The first-order chi connectivity index (χ1) is 9.43. The molecule has 5 heteroatoms. The standard InChI is InChI=1S/C15H18ClNO3/c1-15(14(19)20)9-2-10-17(15)13(18)8-5-11-3-6-12(16)7-4-11/h3-4,6-7H,2,5,8-10H2,1H3,(H,19,20). The van der Waals surface area contributed by atoms with Crippen molar-refractivity contribution in [3.8, 4) is 0 Å². The summed E-state index contributed by atoms with van der Waals surface area (Å²) in [5.41, 5.74) is -0.0177. The zero-order chi connectivity index (χ0) is 14.8. The van der Waals surface area contributed by atoms with Gasteiger partial charge in [-0.25, -0.2) is 4.79 Å². The summed E-state index contributed by atoms with van der Waals surface area (Å²) < 4.78 is 0. The second-order valence-electron chi connectivity index (χ2n) is 5.35. The molecule has 1 aliphatic heterocycles. The Morgan fingerprint density at radius 3 is 2.60 bits per heavy atom. The van der Waals surface area contributed by atoms with Crippen molar-refractivity contribution in [3.05, 3.63) is 34.9 Å². The molecule has 4 nitrogen and oxygen atoms in total. The normalized spacial score (nSPS) is 22.0. The highest BCUT2D eigenvalue weighted by Crippen LogP contribution is 2.30. The van der Waals surface area contributed by atoms with Crippen LogP contribution in [0.15, 0.2) is 24.3 Å². The van der Waals surface area contributed by atoms with Gasteiger partial charge in [0.05, 0.1) is 0 Å². The van der Waals surface area contributed by atoms with Crippen molar-refractivity contribution < 1.29 is 14.7 Å². The second kappa shape index (κ2) is 5.83. The highest BCUT2D eigenvalue weighted by Gasteiger charge is 2.45. The van der Waals surface area contributed by atoms with Crippen LogP contribution in [0.1, 0.15) is 31.7 Å². The minimum atomic E-state index is -1.04. The Labute approximate surface area is 123 Å². The lowest BCUT2D eigenvalue weighted by atomic mass is 9.98. The van der Waals surface area contributed by atoms with E-state index >= 15 is 0 Å². The summed E-state index contributed by atoms with van der Waals surface area (Å²) >= 11 is 5.81. The maximum atomic E-state index is 12.2. The lowest BCUT2D eigenvalue weighted by Crippen LogP contribution is -2.50. The highest BCUT2D eigenvalue weighted by atomic mass is 35.5. The first-order valence-corrected chi connectivity index (χ1v) is 7.09. The molecular weight excluding hydrogens is 278 g/mol. The van der Waals surface area contributed by atoms with Gasteiger partial charge in [-0.2, -0.15) is 0 Å². The monoisotopic (exact) mass is 295 g/mol. The van der Waals surface area contributed by atoms with Crippen LogP contribution in [0, 0.1) is 0 Å². The summed E-state index contributed by atoms with van der Waals surface area (Å²) in [6.07, 6.45) is 2.19. The molecule has 0 radical (unpaired) electrons. The van der Waals surface area contributed by atoms with Crippen LogP contribution in [0.4, 0.5) is 0 Å². The Morgan fingerprint density at radius 2 is 2.00 bits per heavy atom. The van der Waals surface area contributed by atoms with Crippen LogP contribution in [0.3, 0.4) is 0 Å². The molecule has 0 spiro atoms. The number of rotatable bonds is 4. The average molecular weight is 296 g/mol. The van der Waals surface area contributed by atoms with Crippen LogP contribution >= 0.6 is 11.6 Å². The summed E-state index contributed by atoms with van der Waals surface area (Å²) in [5, 5.41) is 9.96. The molecule has 1 aliphatic rings. The summed E-state index contributed by atoms with van der Waals surface area (Å²) in [6.45, 7) is 2.16. The minimum absolute atomic E-state index is 0.0950. The van der Waals surface area contributed by atoms with Crippen molar-refractivity contribution in [2.24, 2.45) is 0 Å². The van der Waals surface area contributed by atoms with Crippen molar-refractivity contribution >= 4 is 23.5 Å². The van der Waals surface area contributed by atoms with Crippen LogP contribution in [-0.2, 0) is 16.0 Å². The van der Waals surface area contributed by atoms with E-state index in [1.807, 2.05) is 12.1 Å². The Hall–Kier alpha value is -1.55. The van der Waals surface area contributed by atoms with Gasteiger partial charge in [0.25, 0.3) is 0 Å². The lowest BCUT2D eigenvalue weighted by molar-refractivity contribution is -0.155. The summed E-state index contributed by atoms with van der Waals surface area (Å²) in [4.78, 5) is 25.1. The van der Waals surface area contributed by atoms with E-state index in [0.717, 1.165) is 12.0 Å². The number of halogens is 1.